The maximum atomic E-state index is 9.50. The number of hydrogen-bond acceptors (Lipinski definition) is 10. The number of ether oxygens (including phenoxy) is 3. The number of benzene rings is 3. The van der Waals surface area contributed by atoms with E-state index in [0.29, 0.717) is 37.6 Å². The Morgan fingerprint density at radius 1 is 0.915 bits per heavy atom. The van der Waals surface area contributed by atoms with E-state index in [1.54, 1.807) is 6.21 Å². The molecule has 1 fully saturated rings. The van der Waals surface area contributed by atoms with Gasteiger partial charge in [-0.15, -0.1) is 0 Å². The molecule has 5 heterocycles. The van der Waals surface area contributed by atoms with E-state index >= 15 is 0 Å². The molecule has 0 aliphatic carbocycles. The normalized spacial score (nSPS) is 17.0. The summed E-state index contributed by atoms with van der Waals surface area (Å²) in [5.41, 5.74) is 14.5. The van der Waals surface area contributed by atoms with E-state index in [-0.39, 0.29) is 6.10 Å². The SMILES string of the molecule is N#Cc1ccc2c(c1)CCCOc1cc(ccc1Cc1nc3ccc(C4=NNNN=C4)cc3n1C[C@@H]1CCO1)-c1cccc(n1)OC2. The maximum Gasteiger partial charge on any atom is 0.214 e. The van der Waals surface area contributed by atoms with E-state index in [4.69, 9.17) is 24.2 Å². The van der Waals surface area contributed by atoms with Crippen molar-refractivity contribution in [2.45, 2.75) is 44.9 Å². The van der Waals surface area contributed by atoms with Crippen LogP contribution in [0.5, 0.6) is 11.6 Å². The number of imidazole rings is 1. The summed E-state index contributed by atoms with van der Waals surface area (Å²) in [6.45, 7) is 2.40. The van der Waals surface area contributed by atoms with Gasteiger partial charge in [-0.25, -0.2) is 21.0 Å². The second-order valence-electron chi connectivity index (χ2n) is 11.8. The quantitative estimate of drug-likeness (QED) is 0.278. The van der Waals surface area contributed by atoms with Crippen molar-refractivity contribution < 1.29 is 14.2 Å². The van der Waals surface area contributed by atoms with E-state index in [1.807, 2.05) is 48.5 Å². The summed E-state index contributed by atoms with van der Waals surface area (Å²) in [5, 5.41) is 17.9. The standard InChI is InChI=1S/C36H32N8O3/c37-19-23-6-7-28-22-47-36-5-1-4-30(40-36)26-8-9-27(34(17-26)46-13-2-3-24(28)15-23)18-35-39-31-11-10-25(32-20-38-42-43-41-32)16-33(31)44(35)21-29-12-14-45-29/h1,4-11,15-17,20,29,42-43H,2-3,12-14,18,21-22H2/t29-/m0/s1. The fraction of sp³-hybridized carbons (Fsp3) is 0.250. The van der Waals surface area contributed by atoms with Crippen molar-refractivity contribution in [3.8, 4) is 29.0 Å². The highest BCUT2D eigenvalue weighted by Gasteiger charge is 2.23. The van der Waals surface area contributed by atoms with Crippen LogP contribution in [0.3, 0.4) is 0 Å². The fourth-order valence-corrected chi connectivity index (χ4v) is 6.16. The molecule has 2 aromatic heterocycles. The number of nitrogens with zero attached hydrogens (tertiary/aromatic N) is 6. The van der Waals surface area contributed by atoms with Crippen molar-refractivity contribution in [3.63, 3.8) is 0 Å². The van der Waals surface area contributed by atoms with Crippen LogP contribution in [0.15, 0.2) is 83.0 Å². The number of hydrazone groups is 2. The van der Waals surface area contributed by atoms with Crippen LogP contribution in [0.4, 0.5) is 0 Å². The lowest BCUT2D eigenvalue weighted by atomic mass is 10.0. The van der Waals surface area contributed by atoms with Crippen molar-refractivity contribution in [1.82, 2.24) is 25.6 Å². The summed E-state index contributed by atoms with van der Waals surface area (Å²) in [4.78, 5) is 9.91. The van der Waals surface area contributed by atoms with Gasteiger partial charge in [0.2, 0.25) is 5.88 Å². The minimum Gasteiger partial charge on any atom is -0.493 e. The third-order valence-electron chi connectivity index (χ3n) is 8.77. The zero-order chi connectivity index (χ0) is 31.6. The fourth-order valence-electron chi connectivity index (χ4n) is 6.16. The van der Waals surface area contributed by atoms with Gasteiger partial charge in [0.15, 0.2) is 0 Å². The summed E-state index contributed by atoms with van der Waals surface area (Å²) in [7, 11) is 0. The summed E-state index contributed by atoms with van der Waals surface area (Å²) < 4.78 is 20.8. The highest BCUT2D eigenvalue weighted by Crippen LogP contribution is 2.32. The molecule has 0 amide bonds. The molecule has 3 aliphatic heterocycles. The van der Waals surface area contributed by atoms with Gasteiger partial charge in [0, 0.05) is 35.8 Å². The van der Waals surface area contributed by atoms with E-state index in [1.165, 1.54) is 0 Å². The molecule has 11 heteroatoms. The number of hydrazine groups is 1. The summed E-state index contributed by atoms with van der Waals surface area (Å²) in [6.07, 6.45) is 4.98. The molecular weight excluding hydrogens is 592 g/mol. The molecule has 11 nitrogen and oxygen atoms in total. The molecule has 47 heavy (non-hydrogen) atoms. The van der Waals surface area contributed by atoms with Gasteiger partial charge in [-0.05, 0) is 66.8 Å². The molecule has 3 aliphatic rings. The molecule has 0 spiro atoms. The highest BCUT2D eigenvalue weighted by molar-refractivity contribution is 6.38. The Hall–Kier alpha value is -5.73. The third kappa shape index (κ3) is 5.98. The van der Waals surface area contributed by atoms with Gasteiger partial charge in [-0.3, -0.25) is 0 Å². The van der Waals surface area contributed by atoms with Gasteiger partial charge in [-0.1, -0.05) is 30.3 Å². The minimum absolute atomic E-state index is 0.149. The smallest absolute Gasteiger partial charge is 0.214 e. The van der Waals surface area contributed by atoms with E-state index in [2.05, 4.69) is 56.2 Å². The van der Waals surface area contributed by atoms with Gasteiger partial charge in [0.05, 0.1) is 53.8 Å². The maximum absolute atomic E-state index is 9.50. The Labute approximate surface area is 271 Å². The van der Waals surface area contributed by atoms with Crippen LogP contribution in [0.25, 0.3) is 22.3 Å². The predicted molar refractivity (Wildman–Crippen MR) is 177 cm³/mol. The van der Waals surface area contributed by atoms with Gasteiger partial charge < -0.3 is 18.8 Å². The van der Waals surface area contributed by atoms with Crippen molar-refractivity contribution in [2.24, 2.45) is 10.2 Å². The monoisotopic (exact) mass is 624 g/mol. The average Bonchev–Trinajstić information content (AvgIpc) is 3.44. The number of hydrogen-bond donors (Lipinski definition) is 2. The first-order valence-electron chi connectivity index (χ1n) is 15.8. The lowest BCUT2D eigenvalue weighted by Crippen LogP contribution is -2.31. The highest BCUT2D eigenvalue weighted by atomic mass is 16.5. The summed E-state index contributed by atoms with van der Waals surface area (Å²) in [6, 6.07) is 26.2. The number of nitrogens with one attached hydrogen (secondary N) is 2. The zero-order valence-corrected chi connectivity index (χ0v) is 25.6. The summed E-state index contributed by atoms with van der Waals surface area (Å²) in [5.74, 6) is 2.28. The molecule has 2 N–H and O–H groups in total. The molecule has 0 unspecified atom stereocenters. The third-order valence-corrected chi connectivity index (χ3v) is 8.77. The largest absolute Gasteiger partial charge is 0.493 e. The zero-order valence-electron chi connectivity index (χ0n) is 25.6. The predicted octanol–water partition coefficient (Wildman–Crippen LogP) is 5.05. The first-order valence-corrected chi connectivity index (χ1v) is 15.8. The van der Waals surface area contributed by atoms with Crippen molar-refractivity contribution in [3.05, 3.63) is 106 Å². The number of aryl methyl sites for hydroxylation is 1. The van der Waals surface area contributed by atoms with Gasteiger partial charge in [0.25, 0.3) is 0 Å². The number of nitriles is 1. The number of pyridine rings is 1. The second-order valence-corrected chi connectivity index (χ2v) is 11.8. The average molecular weight is 625 g/mol. The Bertz CT molecular complexity index is 2070. The second kappa shape index (κ2) is 12.6. The van der Waals surface area contributed by atoms with Crippen LogP contribution in [0.2, 0.25) is 0 Å². The molecule has 1 saturated heterocycles. The molecule has 3 aromatic carbocycles. The Morgan fingerprint density at radius 2 is 1.85 bits per heavy atom. The molecule has 8 rings (SSSR count). The van der Waals surface area contributed by atoms with Crippen LogP contribution < -0.4 is 20.5 Å². The van der Waals surface area contributed by atoms with Crippen molar-refractivity contribution in [1.29, 1.82) is 5.26 Å². The molecule has 234 valence electrons. The van der Waals surface area contributed by atoms with Crippen molar-refractivity contribution >= 4 is 23.0 Å². The Balaban J connectivity index is 1.15. The van der Waals surface area contributed by atoms with Gasteiger partial charge >= 0.3 is 0 Å². The molecule has 0 saturated carbocycles. The number of fused-ring (bicyclic) bond motifs is 7. The van der Waals surface area contributed by atoms with Crippen molar-refractivity contribution in [2.75, 3.05) is 13.2 Å². The minimum atomic E-state index is 0.149. The molecule has 4 bridgehead atoms. The molecule has 0 radical (unpaired) electrons. The van der Waals surface area contributed by atoms with Gasteiger partial charge in [0.1, 0.15) is 23.9 Å². The number of aromatic nitrogens is 3. The van der Waals surface area contributed by atoms with E-state index in [9.17, 15) is 5.26 Å². The topological polar surface area (TPSA) is 131 Å². The summed E-state index contributed by atoms with van der Waals surface area (Å²) >= 11 is 0. The van der Waals surface area contributed by atoms with Crippen LogP contribution >= 0.6 is 0 Å². The van der Waals surface area contributed by atoms with Crippen LogP contribution in [-0.2, 0) is 30.7 Å². The molecular formula is C36H32N8O3. The Kier molecular flexibility index (Phi) is 7.69. The lowest BCUT2D eigenvalue weighted by Gasteiger charge is -2.27. The van der Waals surface area contributed by atoms with Crippen LogP contribution in [0.1, 0.15) is 46.5 Å². The first-order chi connectivity index (χ1) is 23.2. The Morgan fingerprint density at radius 3 is 2.70 bits per heavy atom. The number of rotatable bonds is 5. The van der Waals surface area contributed by atoms with E-state index < -0.39 is 0 Å². The van der Waals surface area contributed by atoms with Gasteiger partial charge in [-0.2, -0.15) is 15.5 Å². The lowest BCUT2D eigenvalue weighted by molar-refractivity contribution is -0.0589. The first kappa shape index (κ1) is 28.7. The van der Waals surface area contributed by atoms with E-state index in [0.717, 1.165) is 87.7 Å². The molecule has 1 atom stereocenters. The molecule has 5 aromatic rings. The van der Waals surface area contributed by atoms with Crippen LogP contribution in [0, 0.1) is 11.3 Å². The van der Waals surface area contributed by atoms with Crippen LogP contribution in [-0.4, -0.2) is 45.8 Å².